The van der Waals surface area contributed by atoms with Crippen LogP contribution in [0.4, 0.5) is 4.79 Å². The molecule has 0 unspecified atom stereocenters. The predicted molar refractivity (Wildman–Crippen MR) is 89.4 cm³/mol. The molecule has 0 aliphatic rings. The summed E-state index contributed by atoms with van der Waals surface area (Å²) in [6.07, 6.45) is 0.265. The minimum absolute atomic E-state index is 0.140. The number of urea groups is 1. The van der Waals surface area contributed by atoms with Gasteiger partial charge in [0.25, 0.3) is 0 Å². The average Bonchev–Trinajstić information content (AvgIpc) is 2.61. The molecule has 2 rings (SSSR count). The topological polar surface area (TPSA) is 87.7 Å². The van der Waals surface area contributed by atoms with Crippen molar-refractivity contribution in [1.82, 2.24) is 10.6 Å². The summed E-state index contributed by atoms with van der Waals surface area (Å²) in [7, 11) is 1.47. The highest BCUT2D eigenvalue weighted by Crippen LogP contribution is 2.12. The molecular formula is C18H20N2O4. The number of benzene rings is 2. The van der Waals surface area contributed by atoms with Crippen LogP contribution in [0.25, 0.3) is 0 Å². The van der Waals surface area contributed by atoms with E-state index >= 15 is 0 Å². The Kier molecular flexibility index (Phi) is 6.19. The second kappa shape index (κ2) is 8.57. The Hall–Kier alpha value is -3.02. The van der Waals surface area contributed by atoms with Gasteiger partial charge in [-0.25, -0.2) is 9.59 Å². The molecule has 6 heteroatoms. The lowest BCUT2D eigenvalue weighted by Gasteiger charge is -2.17. The summed E-state index contributed by atoms with van der Waals surface area (Å²) in [5.41, 5.74) is 1.67. The van der Waals surface area contributed by atoms with Gasteiger partial charge >= 0.3 is 12.0 Å². The van der Waals surface area contributed by atoms with Crippen LogP contribution in [0.1, 0.15) is 11.1 Å². The number of phenols is 1. The van der Waals surface area contributed by atoms with Gasteiger partial charge in [-0.1, -0.05) is 42.5 Å². The smallest absolute Gasteiger partial charge is 0.329 e. The molecule has 0 spiro atoms. The van der Waals surface area contributed by atoms with E-state index in [-0.39, 0.29) is 18.8 Å². The zero-order chi connectivity index (χ0) is 17.4. The van der Waals surface area contributed by atoms with Gasteiger partial charge in [-0.05, 0) is 23.3 Å². The van der Waals surface area contributed by atoms with Gasteiger partial charge < -0.3 is 20.5 Å². The molecule has 0 aromatic heterocycles. The molecule has 2 aromatic rings. The van der Waals surface area contributed by atoms with Crippen LogP contribution < -0.4 is 10.6 Å². The Morgan fingerprint density at radius 3 is 2.33 bits per heavy atom. The number of hydrogen-bond acceptors (Lipinski definition) is 4. The van der Waals surface area contributed by atoms with Crippen molar-refractivity contribution in [3.8, 4) is 5.75 Å². The van der Waals surface area contributed by atoms with E-state index in [2.05, 4.69) is 10.6 Å². The van der Waals surface area contributed by atoms with Crippen LogP contribution in [-0.2, 0) is 22.6 Å². The van der Waals surface area contributed by atoms with Crippen molar-refractivity contribution < 1.29 is 19.4 Å². The van der Waals surface area contributed by atoms with Gasteiger partial charge in [0.1, 0.15) is 18.4 Å². The van der Waals surface area contributed by atoms with E-state index in [1.165, 1.54) is 19.2 Å². The van der Waals surface area contributed by atoms with Crippen molar-refractivity contribution >= 4 is 12.0 Å². The van der Waals surface area contributed by atoms with Crippen molar-refractivity contribution in [2.75, 3.05) is 7.05 Å². The molecule has 24 heavy (non-hydrogen) atoms. The van der Waals surface area contributed by atoms with E-state index < -0.39 is 18.0 Å². The molecule has 2 aromatic carbocycles. The third-order valence-electron chi connectivity index (χ3n) is 3.42. The van der Waals surface area contributed by atoms with E-state index in [1.807, 2.05) is 30.3 Å². The van der Waals surface area contributed by atoms with Crippen LogP contribution in [0.3, 0.4) is 0 Å². The number of rotatable bonds is 6. The highest BCUT2D eigenvalue weighted by atomic mass is 16.5. The Balaban J connectivity index is 2.02. The highest BCUT2D eigenvalue weighted by Gasteiger charge is 2.22. The van der Waals surface area contributed by atoms with Gasteiger partial charge in [0, 0.05) is 13.5 Å². The molecule has 1 atom stereocenters. The first-order valence-corrected chi connectivity index (χ1v) is 7.55. The number of phenolic OH excluding ortho intramolecular Hbond substituents is 1. The number of nitrogens with one attached hydrogen (secondary N) is 2. The zero-order valence-electron chi connectivity index (χ0n) is 13.4. The summed E-state index contributed by atoms with van der Waals surface area (Å²) in [5.74, 6) is -0.378. The maximum Gasteiger partial charge on any atom is 0.329 e. The van der Waals surface area contributed by atoms with Crippen molar-refractivity contribution in [3.63, 3.8) is 0 Å². The minimum atomic E-state index is -0.821. The van der Waals surface area contributed by atoms with Crippen molar-refractivity contribution in [1.29, 1.82) is 0 Å². The van der Waals surface area contributed by atoms with Crippen LogP contribution >= 0.6 is 0 Å². The van der Waals surface area contributed by atoms with Crippen LogP contribution in [0.2, 0.25) is 0 Å². The number of amides is 2. The maximum absolute atomic E-state index is 12.3. The van der Waals surface area contributed by atoms with E-state index in [0.717, 1.165) is 11.1 Å². The lowest BCUT2D eigenvalue weighted by molar-refractivity contribution is -0.147. The highest BCUT2D eigenvalue weighted by molar-refractivity contribution is 5.83. The third kappa shape index (κ3) is 5.31. The summed E-state index contributed by atoms with van der Waals surface area (Å²) in [6, 6.07) is 14.5. The van der Waals surface area contributed by atoms with Crippen LogP contribution in [0, 0.1) is 0 Å². The van der Waals surface area contributed by atoms with Crippen LogP contribution in [0.5, 0.6) is 5.75 Å². The number of esters is 1. The monoisotopic (exact) mass is 328 g/mol. The normalized spacial score (nSPS) is 11.4. The SMILES string of the molecule is CNC(=O)N[C@@H](Cc1ccc(O)cc1)C(=O)OCc1ccccc1. The van der Waals surface area contributed by atoms with E-state index in [0.29, 0.717) is 0 Å². The molecule has 0 heterocycles. The summed E-state index contributed by atoms with van der Waals surface area (Å²) in [5, 5.41) is 14.3. The van der Waals surface area contributed by atoms with Crippen molar-refractivity contribution in [3.05, 3.63) is 65.7 Å². The van der Waals surface area contributed by atoms with E-state index in [1.54, 1.807) is 12.1 Å². The first-order valence-electron chi connectivity index (χ1n) is 7.55. The number of aromatic hydroxyl groups is 1. The molecule has 3 N–H and O–H groups in total. The molecule has 126 valence electrons. The second-order valence-electron chi connectivity index (χ2n) is 5.24. The lowest BCUT2D eigenvalue weighted by atomic mass is 10.1. The summed E-state index contributed by atoms with van der Waals surface area (Å²) in [6.45, 7) is 0.140. The van der Waals surface area contributed by atoms with Gasteiger partial charge in [-0.2, -0.15) is 0 Å². The Morgan fingerprint density at radius 1 is 1.04 bits per heavy atom. The number of carbonyl (C=O) groups excluding carboxylic acids is 2. The first-order chi connectivity index (χ1) is 11.6. The van der Waals surface area contributed by atoms with Gasteiger partial charge in [-0.3, -0.25) is 0 Å². The quantitative estimate of drug-likeness (QED) is 0.708. The van der Waals surface area contributed by atoms with Gasteiger partial charge in [0.2, 0.25) is 0 Å². The molecule has 0 aliphatic carbocycles. The lowest BCUT2D eigenvalue weighted by Crippen LogP contribution is -2.46. The average molecular weight is 328 g/mol. The Morgan fingerprint density at radius 2 is 1.71 bits per heavy atom. The Bertz CT molecular complexity index is 671. The van der Waals surface area contributed by atoms with Crippen LogP contribution in [0.15, 0.2) is 54.6 Å². The van der Waals surface area contributed by atoms with E-state index in [9.17, 15) is 14.7 Å². The van der Waals surface area contributed by atoms with E-state index in [4.69, 9.17) is 4.74 Å². The molecule has 0 aliphatic heterocycles. The fourth-order valence-corrected chi connectivity index (χ4v) is 2.12. The molecule has 0 fully saturated rings. The second-order valence-corrected chi connectivity index (χ2v) is 5.24. The third-order valence-corrected chi connectivity index (χ3v) is 3.42. The maximum atomic E-state index is 12.3. The summed E-state index contributed by atoms with van der Waals surface area (Å²) >= 11 is 0. The fraction of sp³-hybridized carbons (Fsp3) is 0.222. The first kappa shape index (κ1) is 17.3. The minimum Gasteiger partial charge on any atom is -0.508 e. The molecule has 0 radical (unpaired) electrons. The molecule has 2 amide bonds. The summed E-state index contributed by atoms with van der Waals surface area (Å²) < 4.78 is 5.30. The number of carbonyl (C=O) groups is 2. The number of ether oxygens (including phenoxy) is 1. The van der Waals surface area contributed by atoms with Gasteiger partial charge in [0.05, 0.1) is 0 Å². The van der Waals surface area contributed by atoms with Gasteiger partial charge in [0.15, 0.2) is 0 Å². The molecule has 0 bridgehead atoms. The predicted octanol–water partition coefficient (Wildman–Crippen LogP) is 1.98. The molecule has 6 nitrogen and oxygen atoms in total. The molecule has 0 saturated heterocycles. The largest absolute Gasteiger partial charge is 0.508 e. The summed E-state index contributed by atoms with van der Waals surface area (Å²) in [4.78, 5) is 23.9. The van der Waals surface area contributed by atoms with Gasteiger partial charge in [-0.15, -0.1) is 0 Å². The fourth-order valence-electron chi connectivity index (χ4n) is 2.12. The molecular weight excluding hydrogens is 308 g/mol. The van der Waals surface area contributed by atoms with Crippen molar-refractivity contribution in [2.45, 2.75) is 19.1 Å². The number of hydrogen-bond donors (Lipinski definition) is 3. The zero-order valence-corrected chi connectivity index (χ0v) is 13.4. The standard InChI is InChI=1S/C18H20N2O4/c1-19-18(23)20-16(11-13-7-9-15(21)10-8-13)17(22)24-12-14-5-3-2-4-6-14/h2-10,16,21H,11-12H2,1H3,(H2,19,20,23)/t16-/m0/s1. The van der Waals surface area contributed by atoms with Crippen LogP contribution in [-0.4, -0.2) is 30.2 Å². The molecule has 0 saturated carbocycles. The van der Waals surface area contributed by atoms with Crippen molar-refractivity contribution in [2.24, 2.45) is 0 Å². The Labute approximate surface area is 140 Å².